The van der Waals surface area contributed by atoms with E-state index in [1.165, 1.54) is 12.7 Å². The van der Waals surface area contributed by atoms with Crippen LogP contribution in [0.4, 0.5) is 4.79 Å². The third kappa shape index (κ3) is 4.72. The Kier molecular flexibility index (Phi) is 7.13. The summed E-state index contributed by atoms with van der Waals surface area (Å²) in [6.07, 6.45) is 3.63. The van der Waals surface area contributed by atoms with Crippen LogP contribution < -0.4 is 0 Å². The fraction of sp³-hybridized carbons (Fsp3) is 0.609. The topological polar surface area (TPSA) is 79.6 Å². The maximum Gasteiger partial charge on any atom is 0.410 e. The molecule has 0 N–H and O–H groups in total. The number of likely N-dealkylation sites (tertiary alicyclic amines) is 1. The smallest absolute Gasteiger partial charge is 0.410 e. The molecule has 1 saturated heterocycles. The standard InChI is InChI=1S/C23H30N2O4/c1-3-29-22(26)21-14-19-13-17(9-10-18(19)15-25(21)23(27)28-2)20(11-12-24)16-7-5-4-6-8-16/h4-8,17-21H,3,9-11,13-15H2,1-2H3. The van der Waals surface area contributed by atoms with Crippen LogP contribution in [0.3, 0.4) is 0 Å². The number of nitrogens with zero attached hydrogens (tertiary/aromatic N) is 2. The van der Waals surface area contributed by atoms with Gasteiger partial charge in [-0.1, -0.05) is 30.3 Å². The van der Waals surface area contributed by atoms with Crippen LogP contribution in [0.2, 0.25) is 0 Å². The van der Waals surface area contributed by atoms with E-state index < -0.39 is 12.1 Å². The Labute approximate surface area is 172 Å². The highest BCUT2D eigenvalue weighted by Crippen LogP contribution is 2.46. The SMILES string of the molecule is CCOC(=O)C1CC2CC(C(CC#N)c3ccccc3)CCC2CN1C(=O)OC. The average Bonchev–Trinajstić information content (AvgIpc) is 2.76. The lowest BCUT2D eigenvalue weighted by molar-refractivity contribution is -0.152. The van der Waals surface area contributed by atoms with Gasteiger partial charge in [0.1, 0.15) is 6.04 Å². The summed E-state index contributed by atoms with van der Waals surface area (Å²) in [5.74, 6) is 0.964. The maximum atomic E-state index is 12.5. The van der Waals surface area contributed by atoms with Crippen LogP contribution >= 0.6 is 0 Å². The van der Waals surface area contributed by atoms with E-state index in [4.69, 9.17) is 9.47 Å². The van der Waals surface area contributed by atoms with Crippen LogP contribution in [-0.4, -0.2) is 43.3 Å². The first-order chi connectivity index (χ1) is 14.1. The van der Waals surface area contributed by atoms with Crippen LogP contribution in [0.1, 0.15) is 50.5 Å². The number of hydrogen-bond donors (Lipinski definition) is 0. The third-order valence-corrected chi connectivity index (χ3v) is 6.59. The molecule has 6 nitrogen and oxygen atoms in total. The lowest BCUT2D eigenvalue weighted by Gasteiger charge is -2.47. The predicted octanol–water partition coefficient (Wildman–Crippen LogP) is 4.12. The minimum atomic E-state index is -0.589. The zero-order valence-electron chi connectivity index (χ0n) is 17.3. The molecule has 5 unspecified atom stereocenters. The molecule has 0 radical (unpaired) electrons. The van der Waals surface area contributed by atoms with E-state index in [0.29, 0.717) is 43.7 Å². The van der Waals surface area contributed by atoms with E-state index in [2.05, 4.69) is 18.2 Å². The summed E-state index contributed by atoms with van der Waals surface area (Å²) in [5, 5.41) is 9.39. The number of hydrogen-bond acceptors (Lipinski definition) is 5. The van der Waals surface area contributed by atoms with E-state index in [0.717, 1.165) is 19.3 Å². The van der Waals surface area contributed by atoms with Crippen molar-refractivity contribution in [2.24, 2.45) is 17.8 Å². The molecule has 156 valence electrons. The van der Waals surface area contributed by atoms with Crippen LogP contribution in [-0.2, 0) is 14.3 Å². The van der Waals surface area contributed by atoms with Crippen LogP contribution in [0, 0.1) is 29.1 Å². The second-order valence-corrected chi connectivity index (χ2v) is 8.10. The molecular formula is C23H30N2O4. The molecule has 2 fully saturated rings. The largest absolute Gasteiger partial charge is 0.464 e. The highest BCUT2D eigenvalue weighted by atomic mass is 16.6. The van der Waals surface area contributed by atoms with Gasteiger partial charge in [0.15, 0.2) is 0 Å². The molecule has 1 aromatic rings. The van der Waals surface area contributed by atoms with Gasteiger partial charge in [-0.25, -0.2) is 9.59 Å². The van der Waals surface area contributed by atoms with Crippen molar-refractivity contribution in [2.75, 3.05) is 20.3 Å². The number of fused-ring (bicyclic) bond motifs is 1. The monoisotopic (exact) mass is 398 g/mol. The average molecular weight is 399 g/mol. The summed E-state index contributed by atoms with van der Waals surface area (Å²) >= 11 is 0. The van der Waals surface area contributed by atoms with E-state index in [1.54, 1.807) is 11.8 Å². The van der Waals surface area contributed by atoms with Gasteiger partial charge in [-0.2, -0.15) is 5.26 Å². The Morgan fingerprint density at radius 3 is 2.62 bits per heavy atom. The molecule has 1 amide bonds. The Bertz CT molecular complexity index is 745. The number of esters is 1. The van der Waals surface area contributed by atoms with E-state index in [9.17, 15) is 14.9 Å². The summed E-state index contributed by atoms with van der Waals surface area (Å²) < 4.78 is 10.2. The molecule has 5 atom stereocenters. The molecule has 1 heterocycles. The van der Waals surface area contributed by atoms with Gasteiger partial charge in [0.2, 0.25) is 0 Å². The van der Waals surface area contributed by atoms with Crippen LogP contribution in [0.15, 0.2) is 30.3 Å². The van der Waals surface area contributed by atoms with Crippen LogP contribution in [0.25, 0.3) is 0 Å². The fourth-order valence-corrected chi connectivity index (χ4v) is 5.19. The first-order valence-electron chi connectivity index (χ1n) is 10.5. The van der Waals surface area contributed by atoms with Crippen molar-refractivity contribution in [1.29, 1.82) is 5.26 Å². The van der Waals surface area contributed by atoms with E-state index in [1.807, 2.05) is 18.2 Å². The molecule has 1 aromatic carbocycles. The van der Waals surface area contributed by atoms with Crippen molar-refractivity contribution >= 4 is 12.1 Å². The molecular weight excluding hydrogens is 368 g/mol. The normalized spacial score (nSPS) is 27.3. The molecule has 3 rings (SSSR count). The number of methoxy groups -OCH3 is 1. The lowest BCUT2D eigenvalue weighted by Crippen LogP contribution is -2.55. The fourth-order valence-electron chi connectivity index (χ4n) is 5.19. The Balaban J connectivity index is 1.77. The number of rotatable bonds is 5. The van der Waals surface area contributed by atoms with Crippen LogP contribution in [0.5, 0.6) is 0 Å². The van der Waals surface area contributed by atoms with Gasteiger partial charge >= 0.3 is 12.1 Å². The minimum Gasteiger partial charge on any atom is -0.464 e. The summed E-state index contributed by atoms with van der Waals surface area (Å²) in [7, 11) is 1.35. The molecule has 0 aromatic heterocycles. The number of amides is 1. The molecule has 6 heteroatoms. The van der Waals surface area contributed by atoms with Gasteiger partial charge in [-0.15, -0.1) is 0 Å². The number of carbonyl (C=O) groups is 2. The van der Waals surface area contributed by atoms with Crippen molar-refractivity contribution in [3.8, 4) is 6.07 Å². The zero-order chi connectivity index (χ0) is 20.8. The van der Waals surface area contributed by atoms with Crippen molar-refractivity contribution in [3.63, 3.8) is 0 Å². The first kappa shape index (κ1) is 21.2. The summed E-state index contributed by atoms with van der Waals surface area (Å²) in [4.78, 5) is 26.3. The molecule has 0 spiro atoms. The third-order valence-electron chi connectivity index (χ3n) is 6.59. The minimum absolute atomic E-state index is 0.210. The molecule has 29 heavy (non-hydrogen) atoms. The highest BCUT2D eigenvalue weighted by molar-refractivity contribution is 5.81. The van der Waals surface area contributed by atoms with Gasteiger partial charge in [-0.05, 0) is 61.8 Å². The van der Waals surface area contributed by atoms with Crippen molar-refractivity contribution in [2.45, 2.75) is 51.0 Å². The maximum absolute atomic E-state index is 12.5. The number of carbonyl (C=O) groups excluding carboxylic acids is 2. The highest BCUT2D eigenvalue weighted by Gasteiger charge is 2.45. The quantitative estimate of drug-likeness (QED) is 0.697. The predicted molar refractivity (Wildman–Crippen MR) is 108 cm³/mol. The molecule has 1 saturated carbocycles. The van der Waals surface area contributed by atoms with Crippen molar-refractivity contribution < 1.29 is 19.1 Å². The van der Waals surface area contributed by atoms with Crippen molar-refractivity contribution in [1.82, 2.24) is 4.90 Å². The summed E-state index contributed by atoms with van der Waals surface area (Å²) in [5.41, 5.74) is 1.21. The Hall–Kier alpha value is -2.55. The summed E-state index contributed by atoms with van der Waals surface area (Å²) in [6, 6.07) is 12.0. The van der Waals surface area contributed by atoms with E-state index >= 15 is 0 Å². The number of piperidine rings is 1. The molecule has 1 aliphatic heterocycles. The van der Waals surface area contributed by atoms with Gasteiger partial charge in [0.25, 0.3) is 0 Å². The number of ether oxygens (including phenoxy) is 2. The lowest BCUT2D eigenvalue weighted by atomic mass is 9.65. The Morgan fingerprint density at radius 2 is 1.97 bits per heavy atom. The number of nitriles is 1. The summed E-state index contributed by atoms with van der Waals surface area (Å²) in [6.45, 7) is 2.59. The second kappa shape index (κ2) is 9.78. The van der Waals surface area contributed by atoms with Gasteiger partial charge in [0, 0.05) is 13.0 Å². The van der Waals surface area contributed by atoms with Gasteiger partial charge < -0.3 is 9.47 Å². The van der Waals surface area contributed by atoms with Crippen molar-refractivity contribution in [3.05, 3.63) is 35.9 Å². The molecule has 1 aliphatic carbocycles. The Morgan fingerprint density at radius 1 is 1.21 bits per heavy atom. The van der Waals surface area contributed by atoms with E-state index in [-0.39, 0.29) is 11.9 Å². The van der Waals surface area contributed by atoms with Gasteiger partial charge in [0.05, 0.1) is 19.8 Å². The molecule has 0 bridgehead atoms. The zero-order valence-corrected chi connectivity index (χ0v) is 17.3. The van der Waals surface area contributed by atoms with Gasteiger partial charge in [-0.3, -0.25) is 4.90 Å². The first-order valence-corrected chi connectivity index (χ1v) is 10.5. The molecule has 2 aliphatic rings. The second-order valence-electron chi connectivity index (χ2n) is 8.10. The number of benzene rings is 1.